The molecule has 1 aromatic heterocycles. The maximum Gasteiger partial charge on any atom is 0.204 e. The van der Waals surface area contributed by atoms with Gasteiger partial charge in [0, 0.05) is 37.2 Å². The minimum atomic E-state index is -0.466. The van der Waals surface area contributed by atoms with Crippen molar-refractivity contribution in [1.82, 2.24) is 4.98 Å². The fourth-order valence-corrected chi connectivity index (χ4v) is 3.81. The maximum atomic E-state index is 14.9. The number of hydrogen-bond acceptors (Lipinski definition) is 7. The number of ether oxygens (including phenoxy) is 2. The predicted octanol–water partition coefficient (Wildman–Crippen LogP) is 4.75. The third-order valence-corrected chi connectivity index (χ3v) is 5.18. The maximum absolute atomic E-state index is 14.9. The number of amides is 1. The summed E-state index contributed by atoms with van der Waals surface area (Å²) in [5, 5.41) is 6.58. The number of benzene rings is 1. The molecule has 184 valence electrons. The number of carbonyl (C=O) groups is 1. The number of nitrogens with two attached hydrogens (primary N) is 1. The molecule has 1 saturated carbocycles. The van der Waals surface area contributed by atoms with Crippen LogP contribution in [0.2, 0.25) is 0 Å². The minimum absolute atomic E-state index is 0.250. The molecular formula is C25H34FN5O3. The number of pyridine rings is 1. The Morgan fingerprint density at radius 3 is 2.62 bits per heavy atom. The van der Waals surface area contributed by atoms with Crippen molar-refractivity contribution >= 4 is 35.5 Å². The molecule has 0 atom stereocenters. The van der Waals surface area contributed by atoms with Crippen molar-refractivity contribution in [2.24, 2.45) is 16.1 Å². The number of carbonyl (C=O) groups excluding carboxylic acids is 1. The number of hydrogen-bond donors (Lipinski definition) is 3. The van der Waals surface area contributed by atoms with Crippen LogP contribution < -0.4 is 21.1 Å². The molecule has 9 heteroatoms. The Kier molecular flexibility index (Phi) is 10.0. The van der Waals surface area contributed by atoms with Crippen molar-refractivity contribution in [3.05, 3.63) is 48.4 Å². The Morgan fingerprint density at radius 2 is 2.06 bits per heavy atom. The Bertz CT molecular complexity index is 985. The second kappa shape index (κ2) is 12.7. The largest absolute Gasteiger partial charge is 0.491 e. The summed E-state index contributed by atoms with van der Waals surface area (Å²) in [6, 6.07) is 7.29. The van der Waals surface area contributed by atoms with Crippen LogP contribution in [0, 0.1) is 11.2 Å². The van der Waals surface area contributed by atoms with E-state index in [1.54, 1.807) is 32.5 Å². The monoisotopic (exact) mass is 471 g/mol. The van der Waals surface area contributed by atoms with Gasteiger partial charge in [-0.1, -0.05) is 20.4 Å². The number of nitrogens with one attached hydrogen (secondary N) is 2. The molecule has 1 aromatic carbocycles. The lowest BCUT2D eigenvalue weighted by molar-refractivity contribution is -0.106. The Morgan fingerprint density at radius 1 is 1.35 bits per heavy atom. The zero-order valence-electron chi connectivity index (χ0n) is 20.2. The second-order valence-electron chi connectivity index (χ2n) is 8.61. The quantitative estimate of drug-likeness (QED) is 0.262. The third kappa shape index (κ3) is 7.84. The van der Waals surface area contributed by atoms with Gasteiger partial charge in [-0.2, -0.15) is 0 Å². The first-order chi connectivity index (χ1) is 16.2. The zero-order chi connectivity index (χ0) is 25.1. The van der Waals surface area contributed by atoms with Gasteiger partial charge in [0.15, 0.2) is 0 Å². The van der Waals surface area contributed by atoms with E-state index in [1.807, 2.05) is 12.1 Å². The highest BCUT2D eigenvalue weighted by Crippen LogP contribution is 2.41. The first-order valence-corrected chi connectivity index (χ1v) is 11.0. The van der Waals surface area contributed by atoms with E-state index in [4.69, 9.17) is 14.3 Å². The lowest BCUT2D eigenvalue weighted by Gasteiger charge is -2.43. The summed E-state index contributed by atoms with van der Waals surface area (Å²) in [6.45, 7) is 11.1. The summed E-state index contributed by atoms with van der Waals surface area (Å²) in [4.78, 5) is 17.3. The smallest absolute Gasteiger partial charge is 0.204 e. The standard InChI is InChI=1S/C24H31FN4O2.CH3NO/c1-6-26-21-12-19(31-10-9-30-5)11-20(25)23(21)16(2)28-17-7-8-22(27-15-17)29-18-13-24(3,4)14-18;2-1-3/h6-8,11-12,15,18,28H,2,9-10,13-14H2,1,3-5H3,(H,27,29);1H,(H2,2,3). The lowest BCUT2D eigenvalue weighted by Crippen LogP contribution is -2.41. The topological polar surface area (TPSA) is 111 Å². The highest BCUT2D eigenvalue weighted by Gasteiger charge is 2.35. The van der Waals surface area contributed by atoms with Crippen molar-refractivity contribution in [2.45, 2.75) is 39.7 Å². The van der Waals surface area contributed by atoms with Crippen LogP contribution in [0.4, 0.5) is 21.6 Å². The van der Waals surface area contributed by atoms with Gasteiger partial charge in [-0.3, -0.25) is 9.79 Å². The number of methoxy groups -OCH3 is 1. The van der Waals surface area contributed by atoms with E-state index < -0.39 is 5.82 Å². The summed E-state index contributed by atoms with van der Waals surface area (Å²) in [5.74, 6) is 0.756. The first kappa shape index (κ1) is 26.8. The van der Waals surface area contributed by atoms with Crippen molar-refractivity contribution < 1.29 is 18.7 Å². The van der Waals surface area contributed by atoms with Gasteiger partial charge >= 0.3 is 0 Å². The molecule has 1 aliphatic carbocycles. The summed E-state index contributed by atoms with van der Waals surface area (Å²) in [7, 11) is 1.58. The van der Waals surface area contributed by atoms with E-state index in [9.17, 15) is 4.39 Å². The molecule has 2 aromatic rings. The van der Waals surface area contributed by atoms with Crippen LogP contribution in [0.5, 0.6) is 5.75 Å². The fourth-order valence-electron chi connectivity index (χ4n) is 3.81. The molecule has 34 heavy (non-hydrogen) atoms. The van der Waals surface area contributed by atoms with Gasteiger partial charge in [-0.25, -0.2) is 9.37 Å². The number of aliphatic imine (C=N–C) groups is 1. The highest BCUT2D eigenvalue weighted by atomic mass is 19.1. The van der Waals surface area contributed by atoms with Gasteiger partial charge in [0.2, 0.25) is 6.41 Å². The first-order valence-electron chi connectivity index (χ1n) is 11.0. The van der Waals surface area contributed by atoms with Crippen LogP contribution in [-0.4, -0.2) is 44.0 Å². The van der Waals surface area contributed by atoms with Crippen LogP contribution in [0.3, 0.4) is 0 Å². The van der Waals surface area contributed by atoms with E-state index in [2.05, 4.69) is 46.8 Å². The molecule has 1 fully saturated rings. The average molecular weight is 472 g/mol. The number of halogens is 1. The molecule has 1 amide bonds. The van der Waals surface area contributed by atoms with E-state index in [1.165, 1.54) is 6.07 Å². The van der Waals surface area contributed by atoms with Crippen LogP contribution in [-0.2, 0) is 9.53 Å². The number of anilines is 2. The van der Waals surface area contributed by atoms with Gasteiger partial charge in [-0.15, -0.1) is 0 Å². The van der Waals surface area contributed by atoms with E-state index in [-0.39, 0.29) is 12.0 Å². The Labute approximate surface area is 200 Å². The van der Waals surface area contributed by atoms with Gasteiger partial charge in [0.1, 0.15) is 24.0 Å². The van der Waals surface area contributed by atoms with Crippen LogP contribution in [0.15, 0.2) is 42.0 Å². The van der Waals surface area contributed by atoms with Crippen molar-refractivity contribution in [1.29, 1.82) is 0 Å². The van der Waals surface area contributed by atoms with Gasteiger partial charge in [0.25, 0.3) is 0 Å². The number of rotatable bonds is 10. The SMILES string of the molecule is C=C(Nc1ccc(NC2CC(C)(C)C2)nc1)c1c(F)cc(OCCOC)cc1N=CC.NC=O. The number of primary amides is 1. The van der Waals surface area contributed by atoms with Gasteiger partial charge in [-0.05, 0) is 37.3 Å². The predicted molar refractivity (Wildman–Crippen MR) is 135 cm³/mol. The fraction of sp³-hybridized carbons (Fsp3) is 0.400. The summed E-state index contributed by atoms with van der Waals surface area (Å²) in [6.07, 6.45) is 5.84. The molecular weight excluding hydrogens is 437 g/mol. The summed E-state index contributed by atoms with van der Waals surface area (Å²) < 4.78 is 25.4. The van der Waals surface area contributed by atoms with Crippen LogP contribution in [0.1, 0.15) is 39.2 Å². The van der Waals surface area contributed by atoms with Crippen LogP contribution in [0.25, 0.3) is 5.70 Å². The average Bonchev–Trinajstić information content (AvgIpc) is 2.74. The molecule has 0 spiro atoms. The molecule has 0 aliphatic heterocycles. The lowest BCUT2D eigenvalue weighted by atomic mass is 9.68. The normalized spacial score (nSPS) is 14.5. The molecule has 0 saturated heterocycles. The molecule has 8 nitrogen and oxygen atoms in total. The molecule has 1 aliphatic rings. The van der Waals surface area contributed by atoms with Crippen molar-refractivity contribution in [3.8, 4) is 5.75 Å². The Hall–Kier alpha value is -3.46. The van der Waals surface area contributed by atoms with Gasteiger partial charge in [0.05, 0.1) is 29.7 Å². The Balaban J connectivity index is 0.00000129. The summed E-state index contributed by atoms with van der Waals surface area (Å²) in [5.41, 5.74) is 6.41. The molecule has 0 unspecified atom stereocenters. The van der Waals surface area contributed by atoms with Gasteiger partial charge < -0.3 is 25.8 Å². The van der Waals surface area contributed by atoms with E-state index in [0.717, 1.165) is 24.3 Å². The zero-order valence-corrected chi connectivity index (χ0v) is 20.2. The molecule has 4 N–H and O–H groups in total. The van der Waals surface area contributed by atoms with E-state index >= 15 is 0 Å². The number of nitrogens with zero attached hydrogens (tertiary/aromatic N) is 2. The second-order valence-corrected chi connectivity index (χ2v) is 8.61. The third-order valence-electron chi connectivity index (χ3n) is 5.18. The van der Waals surface area contributed by atoms with Crippen molar-refractivity contribution in [2.75, 3.05) is 31.0 Å². The van der Waals surface area contributed by atoms with Crippen LogP contribution >= 0.6 is 0 Å². The molecule has 3 rings (SSSR count). The highest BCUT2D eigenvalue weighted by molar-refractivity contribution is 5.83. The van der Waals surface area contributed by atoms with Crippen molar-refractivity contribution in [3.63, 3.8) is 0 Å². The van der Waals surface area contributed by atoms with E-state index in [0.29, 0.717) is 41.8 Å². The number of aromatic nitrogens is 1. The molecule has 0 bridgehead atoms. The minimum Gasteiger partial charge on any atom is -0.491 e. The molecule has 0 radical (unpaired) electrons. The summed E-state index contributed by atoms with van der Waals surface area (Å²) >= 11 is 0. The molecule has 1 heterocycles.